The summed E-state index contributed by atoms with van der Waals surface area (Å²) in [5.41, 5.74) is 0.494. The van der Waals surface area contributed by atoms with E-state index in [4.69, 9.17) is 9.47 Å². The first-order valence-corrected chi connectivity index (χ1v) is 6.37. The maximum absolute atomic E-state index is 11.5. The van der Waals surface area contributed by atoms with Crippen LogP contribution in [0.1, 0.15) is 30.1 Å². The highest BCUT2D eigenvalue weighted by Gasteiger charge is 2.06. The third-order valence-corrected chi connectivity index (χ3v) is 2.35. The Morgan fingerprint density at radius 1 is 1.11 bits per heavy atom. The van der Waals surface area contributed by atoms with Gasteiger partial charge in [0.15, 0.2) is 0 Å². The van der Waals surface area contributed by atoms with Crippen LogP contribution >= 0.6 is 0 Å². The van der Waals surface area contributed by atoms with Crippen LogP contribution in [0.4, 0.5) is 4.79 Å². The van der Waals surface area contributed by atoms with Gasteiger partial charge < -0.3 is 14.8 Å². The van der Waals surface area contributed by atoms with E-state index in [-0.39, 0.29) is 13.2 Å². The molecule has 1 amide bonds. The fourth-order valence-electron chi connectivity index (χ4n) is 1.31. The van der Waals surface area contributed by atoms with Gasteiger partial charge in [-0.3, -0.25) is 0 Å². The van der Waals surface area contributed by atoms with E-state index in [0.29, 0.717) is 12.2 Å². The monoisotopic (exact) mass is 265 g/mol. The van der Waals surface area contributed by atoms with E-state index in [2.05, 4.69) is 5.32 Å². The lowest BCUT2D eigenvalue weighted by Crippen LogP contribution is -2.28. The van der Waals surface area contributed by atoms with Crippen LogP contribution in [0.25, 0.3) is 0 Å². The van der Waals surface area contributed by atoms with Gasteiger partial charge in [0.2, 0.25) is 0 Å². The molecule has 1 N–H and O–H groups in total. The van der Waals surface area contributed by atoms with Crippen molar-refractivity contribution in [3.8, 4) is 0 Å². The van der Waals surface area contributed by atoms with Gasteiger partial charge in [0.1, 0.15) is 6.61 Å². The molecule has 0 aliphatic heterocycles. The highest BCUT2D eigenvalue weighted by Crippen LogP contribution is 2.00. The molecule has 1 aromatic rings. The zero-order chi connectivity index (χ0) is 13.9. The molecule has 0 bridgehead atoms. The van der Waals surface area contributed by atoms with Crippen molar-refractivity contribution >= 4 is 12.1 Å². The number of nitrogens with one attached hydrogen (secondary N) is 1. The van der Waals surface area contributed by atoms with Crippen molar-refractivity contribution in [2.24, 2.45) is 0 Å². The molecule has 5 heteroatoms. The highest BCUT2D eigenvalue weighted by molar-refractivity contribution is 5.89. The van der Waals surface area contributed by atoms with Crippen LogP contribution in [-0.4, -0.2) is 31.8 Å². The summed E-state index contributed by atoms with van der Waals surface area (Å²) in [6, 6.07) is 8.70. The summed E-state index contributed by atoms with van der Waals surface area (Å²) in [7, 11) is 0. The van der Waals surface area contributed by atoms with E-state index in [1.807, 2.05) is 13.0 Å². The van der Waals surface area contributed by atoms with Crippen LogP contribution in [0.5, 0.6) is 0 Å². The maximum Gasteiger partial charge on any atom is 0.407 e. The molecule has 19 heavy (non-hydrogen) atoms. The number of alkyl carbamates (subject to hydrolysis) is 1. The van der Waals surface area contributed by atoms with E-state index < -0.39 is 12.1 Å². The number of rotatable bonds is 7. The molecule has 0 aliphatic carbocycles. The second-order valence-corrected chi connectivity index (χ2v) is 3.92. The summed E-state index contributed by atoms with van der Waals surface area (Å²) < 4.78 is 9.88. The quantitative estimate of drug-likeness (QED) is 0.607. The number of hydrogen-bond donors (Lipinski definition) is 1. The molecule has 0 fully saturated rings. The lowest BCUT2D eigenvalue weighted by molar-refractivity contribution is 0.0504. The molecule has 104 valence electrons. The Bertz CT molecular complexity index is 392. The lowest BCUT2D eigenvalue weighted by atomic mass is 10.2. The Morgan fingerprint density at radius 2 is 1.84 bits per heavy atom. The number of esters is 1. The largest absolute Gasteiger partial charge is 0.460 e. The second-order valence-electron chi connectivity index (χ2n) is 3.92. The van der Waals surface area contributed by atoms with Crippen molar-refractivity contribution in [3.63, 3.8) is 0 Å². The van der Waals surface area contributed by atoms with Gasteiger partial charge in [-0.25, -0.2) is 9.59 Å². The molecule has 0 aliphatic rings. The zero-order valence-corrected chi connectivity index (χ0v) is 11.1. The summed E-state index contributed by atoms with van der Waals surface area (Å²) in [6.07, 6.45) is 1.34. The molecule has 0 saturated heterocycles. The minimum atomic E-state index is -0.482. The topological polar surface area (TPSA) is 64.6 Å². The van der Waals surface area contributed by atoms with Crippen LogP contribution in [0, 0.1) is 0 Å². The number of unbranched alkanes of at least 4 members (excludes halogenated alkanes) is 1. The van der Waals surface area contributed by atoms with Crippen LogP contribution in [-0.2, 0) is 9.47 Å². The standard InChI is InChI=1S/C14H19NO4/c1-2-3-10-19-14(17)15-9-11-18-13(16)12-7-5-4-6-8-12/h4-8H,2-3,9-11H2,1H3,(H,15,17). The molecule has 0 heterocycles. The summed E-state index contributed by atoms with van der Waals surface area (Å²) in [5.74, 6) is -0.401. The van der Waals surface area contributed by atoms with Gasteiger partial charge in [0, 0.05) is 0 Å². The Kier molecular flexibility index (Phi) is 7.09. The van der Waals surface area contributed by atoms with Gasteiger partial charge in [-0.2, -0.15) is 0 Å². The second kappa shape index (κ2) is 8.97. The Hall–Kier alpha value is -2.04. The van der Waals surface area contributed by atoms with E-state index >= 15 is 0 Å². The van der Waals surface area contributed by atoms with Gasteiger partial charge >= 0.3 is 12.1 Å². The fourth-order valence-corrected chi connectivity index (χ4v) is 1.31. The Balaban J connectivity index is 2.11. The van der Waals surface area contributed by atoms with E-state index in [1.165, 1.54) is 0 Å². The molecule has 0 spiro atoms. The molecule has 5 nitrogen and oxygen atoms in total. The average molecular weight is 265 g/mol. The van der Waals surface area contributed by atoms with Crippen molar-refractivity contribution in [2.75, 3.05) is 19.8 Å². The third-order valence-electron chi connectivity index (χ3n) is 2.35. The molecule has 1 aromatic carbocycles. The summed E-state index contributed by atoms with van der Waals surface area (Å²) in [5, 5.41) is 2.51. The SMILES string of the molecule is CCCCOC(=O)NCCOC(=O)c1ccccc1. The zero-order valence-electron chi connectivity index (χ0n) is 11.1. The van der Waals surface area contributed by atoms with Crippen molar-refractivity contribution in [1.29, 1.82) is 0 Å². The third kappa shape index (κ3) is 6.45. The van der Waals surface area contributed by atoms with Crippen LogP contribution in [0.15, 0.2) is 30.3 Å². The molecule has 0 unspecified atom stereocenters. The van der Waals surface area contributed by atoms with Gasteiger partial charge in [0.25, 0.3) is 0 Å². The molecule has 0 radical (unpaired) electrons. The fraction of sp³-hybridized carbons (Fsp3) is 0.429. The lowest BCUT2D eigenvalue weighted by Gasteiger charge is -2.07. The minimum Gasteiger partial charge on any atom is -0.460 e. The van der Waals surface area contributed by atoms with Crippen molar-refractivity contribution in [1.82, 2.24) is 5.32 Å². The minimum absolute atomic E-state index is 0.122. The predicted molar refractivity (Wildman–Crippen MR) is 71.0 cm³/mol. The van der Waals surface area contributed by atoms with Crippen LogP contribution in [0.3, 0.4) is 0 Å². The number of carbonyl (C=O) groups excluding carboxylic acids is 2. The van der Waals surface area contributed by atoms with Crippen molar-refractivity contribution in [2.45, 2.75) is 19.8 Å². The molecular formula is C14H19NO4. The maximum atomic E-state index is 11.5. The number of benzene rings is 1. The first kappa shape index (κ1) is 15.0. The molecule has 0 aromatic heterocycles. The number of ether oxygens (including phenoxy) is 2. The number of hydrogen-bond acceptors (Lipinski definition) is 4. The van der Waals surface area contributed by atoms with Gasteiger partial charge in [0.05, 0.1) is 18.7 Å². The Morgan fingerprint density at radius 3 is 2.53 bits per heavy atom. The molecule has 0 atom stereocenters. The van der Waals surface area contributed by atoms with Crippen molar-refractivity contribution < 1.29 is 19.1 Å². The van der Waals surface area contributed by atoms with Crippen molar-refractivity contribution in [3.05, 3.63) is 35.9 Å². The predicted octanol–water partition coefficient (Wildman–Crippen LogP) is 2.37. The van der Waals surface area contributed by atoms with Gasteiger partial charge in [-0.1, -0.05) is 31.5 Å². The molecular weight excluding hydrogens is 246 g/mol. The Labute approximate surface area is 112 Å². The van der Waals surface area contributed by atoms with Gasteiger partial charge in [-0.15, -0.1) is 0 Å². The van der Waals surface area contributed by atoms with Crippen LogP contribution in [0.2, 0.25) is 0 Å². The smallest absolute Gasteiger partial charge is 0.407 e. The normalized spacial score (nSPS) is 9.74. The van der Waals surface area contributed by atoms with E-state index in [1.54, 1.807) is 24.3 Å². The number of carbonyl (C=O) groups is 2. The number of amides is 1. The molecule has 1 rings (SSSR count). The first-order chi connectivity index (χ1) is 9.24. The van der Waals surface area contributed by atoms with E-state index in [0.717, 1.165) is 12.8 Å². The van der Waals surface area contributed by atoms with E-state index in [9.17, 15) is 9.59 Å². The highest BCUT2D eigenvalue weighted by atomic mass is 16.6. The molecule has 0 saturated carbocycles. The summed E-state index contributed by atoms with van der Waals surface area (Å²) in [6.45, 7) is 2.79. The summed E-state index contributed by atoms with van der Waals surface area (Å²) >= 11 is 0. The summed E-state index contributed by atoms with van der Waals surface area (Å²) in [4.78, 5) is 22.7. The van der Waals surface area contributed by atoms with Gasteiger partial charge in [-0.05, 0) is 18.6 Å². The first-order valence-electron chi connectivity index (χ1n) is 6.37. The average Bonchev–Trinajstić information content (AvgIpc) is 2.44. The van der Waals surface area contributed by atoms with Crippen LogP contribution < -0.4 is 5.32 Å².